The molecule has 0 saturated carbocycles. The van der Waals surface area contributed by atoms with Crippen LogP contribution in [0.2, 0.25) is 0 Å². The second-order valence-electron chi connectivity index (χ2n) is 3.03. The number of pyridine rings is 1. The molecule has 1 aromatic carbocycles. The summed E-state index contributed by atoms with van der Waals surface area (Å²) in [5, 5.41) is 0. The van der Waals surface area contributed by atoms with Crippen LogP contribution in [0.5, 0.6) is 0 Å². The van der Waals surface area contributed by atoms with Gasteiger partial charge in [-0.2, -0.15) is 30.3 Å². The maximum absolute atomic E-state index is 12.0. The zero-order chi connectivity index (χ0) is 12.7. The first-order valence-corrected chi connectivity index (χ1v) is 5.88. The average Bonchev–Trinajstić information content (AvgIpc) is 2.42. The number of rotatable bonds is 2. The minimum absolute atomic E-state index is 0. The van der Waals surface area contributed by atoms with E-state index in [1.807, 2.05) is 13.8 Å². The third kappa shape index (κ3) is 4.56. The van der Waals surface area contributed by atoms with Gasteiger partial charge in [0.1, 0.15) is 4.64 Å². The SMILES string of the molecule is CC.O=C(c1cc[c-]cc1)c1ccc[nH]c1=S.[Y]. The molecule has 0 bridgehead atoms. The Hall–Kier alpha value is -0.636. The Kier molecular flexibility index (Phi) is 8.99. The van der Waals surface area contributed by atoms with Gasteiger partial charge in [0, 0.05) is 38.9 Å². The van der Waals surface area contributed by atoms with E-state index in [0.717, 1.165) is 0 Å². The summed E-state index contributed by atoms with van der Waals surface area (Å²) in [6.07, 6.45) is 1.71. The summed E-state index contributed by atoms with van der Waals surface area (Å²) in [4.78, 5) is 14.8. The van der Waals surface area contributed by atoms with Crippen LogP contribution >= 0.6 is 12.2 Å². The van der Waals surface area contributed by atoms with Gasteiger partial charge < -0.3 is 4.98 Å². The summed E-state index contributed by atoms with van der Waals surface area (Å²) in [6.45, 7) is 4.00. The van der Waals surface area contributed by atoms with Crippen LogP contribution in [0.3, 0.4) is 0 Å². The van der Waals surface area contributed by atoms with E-state index in [9.17, 15) is 4.79 Å². The molecule has 2 aromatic rings. The monoisotopic (exact) mass is 333 g/mol. The molecule has 0 fully saturated rings. The number of hydrogen-bond acceptors (Lipinski definition) is 2. The first-order chi connectivity index (χ1) is 8.29. The number of nitrogens with one attached hydrogen (secondary N) is 1. The van der Waals surface area contributed by atoms with Crippen molar-refractivity contribution < 1.29 is 37.5 Å². The van der Waals surface area contributed by atoms with Gasteiger partial charge >= 0.3 is 0 Å². The smallest absolute Gasteiger partial charge is 0.172 e. The number of aromatic amines is 1. The molecule has 0 aliphatic heterocycles. The minimum Gasteiger partial charge on any atom is -0.352 e. The van der Waals surface area contributed by atoms with Crippen molar-refractivity contribution in [3.05, 3.63) is 64.4 Å². The molecule has 0 unspecified atom stereocenters. The molecule has 1 aromatic heterocycles. The zero-order valence-electron chi connectivity index (χ0n) is 10.4. The molecule has 4 heteroatoms. The van der Waals surface area contributed by atoms with E-state index in [1.54, 1.807) is 42.6 Å². The van der Waals surface area contributed by atoms with Crippen LogP contribution in [-0.4, -0.2) is 10.8 Å². The van der Waals surface area contributed by atoms with Gasteiger partial charge in [-0.3, -0.25) is 4.79 Å². The minimum atomic E-state index is -0.0640. The molecule has 1 radical (unpaired) electrons. The first kappa shape index (κ1) is 17.4. The molecule has 0 aliphatic rings. The number of aromatic nitrogens is 1. The van der Waals surface area contributed by atoms with Crippen molar-refractivity contribution in [1.82, 2.24) is 4.98 Å². The van der Waals surface area contributed by atoms with Gasteiger partial charge in [0.2, 0.25) is 0 Å². The molecule has 2 rings (SSSR count). The number of hydrogen-bond donors (Lipinski definition) is 1. The number of benzene rings is 1. The van der Waals surface area contributed by atoms with Gasteiger partial charge in [-0.15, -0.1) is 0 Å². The predicted octanol–water partition coefficient (Wildman–Crippen LogP) is 3.80. The van der Waals surface area contributed by atoms with E-state index in [1.165, 1.54) is 0 Å². The Labute approximate surface area is 138 Å². The van der Waals surface area contributed by atoms with Gasteiger partial charge in [0.05, 0.1) is 5.56 Å². The molecular formula is C14H14NOSY-. The van der Waals surface area contributed by atoms with Gasteiger partial charge in [-0.25, -0.2) is 0 Å². The number of ketones is 1. The van der Waals surface area contributed by atoms with Gasteiger partial charge in [-0.05, 0) is 12.1 Å². The summed E-state index contributed by atoms with van der Waals surface area (Å²) in [5.74, 6) is -0.0640. The van der Waals surface area contributed by atoms with E-state index in [2.05, 4.69) is 11.1 Å². The Morgan fingerprint density at radius 1 is 1.22 bits per heavy atom. The summed E-state index contributed by atoms with van der Waals surface area (Å²) in [6, 6.07) is 13.2. The fraction of sp³-hybridized carbons (Fsp3) is 0.143. The molecular weight excluding hydrogens is 319 g/mol. The van der Waals surface area contributed by atoms with Crippen LogP contribution in [-0.2, 0) is 32.7 Å². The molecule has 1 heterocycles. The van der Waals surface area contributed by atoms with Crippen LogP contribution < -0.4 is 0 Å². The molecule has 18 heavy (non-hydrogen) atoms. The molecule has 0 amide bonds. The summed E-state index contributed by atoms with van der Waals surface area (Å²) in [5.41, 5.74) is 1.15. The fourth-order valence-electron chi connectivity index (χ4n) is 1.29. The third-order valence-electron chi connectivity index (χ3n) is 2.04. The molecule has 0 aliphatic carbocycles. The van der Waals surface area contributed by atoms with Crippen molar-refractivity contribution in [1.29, 1.82) is 0 Å². The Balaban J connectivity index is 0.000000917. The van der Waals surface area contributed by atoms with E-state index in [0.29, 0.717) is 15.8 Å². The van der Waals surface area contributed by atoms with E-state index >= 15 is 0 Å². The second kappa shape index (κ2) is 9.31. The second-order valence-corrected chi connectivity index (χ2v) is 3.44. The zero-order valence-corrected chi connectivity index (χ0v) is 14.1. The average molecular weight is 333 g/mol. The number of H-pyrrole nitrogens is 1. The molecule has 0 saturated heterocycles. The maximum Gasteiger partial charge on any atom is 0.172 e. The van der Waals surface area contributed by atoms with Gasteiger partial charge in [0.25, 0.3) is 0 Å². The number of carbonyl (C=O) groups is 1. The van der Waals surface area contributed by atoms with Crippen LogP contribution in [0.1, 0.15) is 29.8 Å². The Morgan fingerprint density at radius 3 is 2.39 bits per heavy atom. The van der Waals surface area contributed by atoms with E-state index < -0.39 is 0 Å². The van der Waals surface area contributed by atoms with Crippen LogP contribution in [0.25, 0.3) is 0 Å². The van der Waals surface area contributed by atoms with Crippen molar-refractivity contribution in [2.24, 2.45) is 0 Å². The standard InChI is InChI=1S/C12H8NOS.C2H6.Y/c14-11(9-5-2-1-3-6-9)10-7-4-8-13-12(10)15;1-2;/h2-8H,(H,13,15);1-2H3;/q-1;;. The van der Waals surface area contributed by atoms with Crippen LogP contribution in [0.15, 0.2) is 42.6 Å². The first-order valence-electron chi connectivity index (χ1n) is 5.47. The largest absolute Gasteiger partial charge is 0.352 e. The van der Waals surface area contributed by atoms with Gasteiger partial charge in [0.15, 0.2) is 5.78 Å². The quantitative estimate of drug-likeness (QED) is 0.515. The normalized spacial score (nSPS) is 8.56. The maximum atomic E-state index is 12.0. The van der Waals surface area contributed by atoms with Crippen LogP contribution in [0, 0.1) is 10.7 Å². The third-order valence-corrected chi connectivity index (χ3v) is 2.38. The predicted molar refractivity (Wildman–Crippen MR) is 71.7 cm³/mol. The Bertz CT molecular complexity index is 537. The van der Waals surface area contributed by atoms with Crippen molar-refractivity contribution in [3.63, 3.8) is 0 Å². The van der Waals surface area contributed by atoms with Crippen LogP contribution in [0.4, 0.5) is 0 Å². The molecule has 0 atom stereocenters. The summed E-state index contributed by atoms with van der Waals surface area (Å²) >= 11 is 5.04. The molecule has 1 N–H and O–H groups in total. The van der Waals surface area contributed by atoms with E-state index in [4.69, 9.17) is 12.2 Å². The number of carbonyl (C=O) groups excluding carboxylic acids is 1. The molecule has 0 spiro atoms. The van der Waals surface area contributed by atoms with Gasteiger partial charge in [-0.1, -0.05) is 31.6 Å². The molecule has 2 nitrogen and oxygen atoms in total. The fourth-order valence-corrected chi connectivity index (χ4v) is 1.52. The van der Waals surface area contributed by atoms with Crippen molar-refractivity contribution in [2.75, 3.05) is 0 Å². The summed E-state index contributed by atoms with van der Waals surface area (Å²) in [7, 11) is 0. The van der Waals surface area contributed by atoms with Crippen molar-refractivity contribution >= 4 is 18.0 Å². The van der Waals surface area contributed by atoms with Crippen molar-refractivity contribution in [2.45, 2.75) is 13.8 Å². The molecule has 91 valence electrons. The van der Waals surface area contributed by atoms with E-state index in [-0.39, 0.29) is 38.5 Å². The topological polar surface area (TPSA) is 32.9 Å². The van der Waals surface area contributed by atoms with Crippen molar-refractivity contribution in [3.8, 4) is 0 Å². The summed E-state index contributed by atoms with van der Waals surface area (Å²) < 4.78 is 0.468. The Morgan fingerprint density at radius 2 is 1.83 bits per heavy atom.